The van der Waals surface area contributed by atoms with Crippen LogP contribution in [0.25, 0.3) is 0 Å². The molecule has 62 valence electrons. The second-order valence-corrected chi connectivity index (χ2v) is 2.15. The van der Waals surface area contributed by atoms with Crippen LogP contribution in [0.4, 0.5) is 5.69 Å². The molecule has 4 nitrogen and oxygen atoms in total. The number of rotatable bonds is 2. The Hall–Kier alpha value is -1.84. The van der Waals surface area contributed by atoms with Crippen LogP contribution in [0, 0.1) is 0 Å². The summed E-state index contributed by atoms with van der Waals surface area (Å²) in [4.78, 5) is 20.4. The molecule has 2 N–H and O–H groups in total. The average Bonchev–Trinajstić information content (AvgIpc) is 2.09. The van der Waals surface area contributed by atoms with Gasteiger partial charge in [0.25, 0.3) is 5.91 Å². The highest BCUT2D eigenvalue weighted by molar-refractivity contribution is 6.29. The Balaban J connectivity index is 2.71. The summed E-state index contributed by atoms with van der Waals surface area (Å²) >= 11 is 0. The number of hydrogen-bond donors (Lipinski definition) is 2. The molecule has 1 amide bonds. The van der Waals surface area contributed by atoms with E-state index < -0.39 is 5.91 Å². The lowest BCUT2D eigenvalue weighted by atomic mass is 10.3. The Morgan fingerprint density at radius 1 is 1.33 bits per heavy atom. The van der Waals surface area contributed by atoms with Crippen molar-refractivity contribution in [2.75, 3.05) is 5.32 Å². The molecule has 0 aliphatic heterocycles. The second kappa shape index (κ2) is 3.52. The zero-order valence-electron chi connectivity index (χ0n) is 6.15. The number of hydrogen-bond acceptors (Lipinski definition) is 3. The number of phenols is 1. The topological polar surface area (TPSA) is 66.4 Å². The van der Waals surface area contributed by atoms with Gasteiger partial charge in [0.1, 0.15) is 5.75 Å². The van der Waals surface area contributed by atoms with Gasteiger partial charge in [0, 0.05) is 5.69 Å². The molecule has 0 aromatic heterocycles. The van der Waals surface area contributed by atoms with Crippen LogP contribution in [0.2, 0.25) is 0 Å². The van der Waals surface area contributed by atoms with Crippen LogP contribution in [0.15, 0.2) is 24.3 Å². The number of nitrogens with one attached hydrogen (secondary N) is 1. The third-order valence-electron chi connectivity index (χ3n) is 1.24. The number of carbonyl (C=O) groups excluding carboxylic acids is 2. The summed E-state index contributed by atoms with van der Waals surface area (Å²) in [5.74, 6) is -0.597. The quantitative estimate of drug-likeness (QED) is 0.381. The first kappa shape index (κ1) is 8.26. The molecule has 4 heteroatoms. The molecule has 0 aliphatic rings. The fraction of sp³-hybridized carbons (Fsp3) is 0. The zero-order chi connectivity index (χ0) is 8.97. The predicted octanol–water partition coefficient (Wildman–Crippen LogP) is 0.530. The van der Waals surface area contributed by atoms with Gasteiger partial charge < -0.3 is 10.4 Å². The van der Waals surface area contributed by atoms with Gasteiger partial charge in [0.2, 0.25) is 6.29 Å². The van der Waals surface area contributed by atoms with E-state index >= 15 is 0 Å². The molecule has 0 heterocycles. The average molecular weight is 165 g/mol. The van der Waals surface area contributed by atoms with Gasteiger partial charge in [-0.05, 0) is 24.3 Å². The summed E-state index contributed by atoms with van der Waals surface area (Å²) in [6.45, 7) is 0. The number of aldehydes is 1. The van der Waals surface area contributed by atoms with Crippen LogP contribution in [0.1, 0.15) is 0 Å². The number of amides is 1. The third-order valence-corrected chi connectivity index (χ3v) is 1.24. The lowest BCUT2D eigenvalue weighted by Crippen LogP contribution is -2.11. The van der Waals surface area contributed by atoms with Crippen molar-refractivity contribution in [1.29, 1.82) is 0 Å². The minimum absolute atomic E-state index is 0.110. The molecule has 0 saturated carbocycles. The summed E-state index contributed by atoms with van der Waals surface area (Å²) < 4.78 is 0. The molecule has 0 atom stereocenters. The Bertz CT molecular complexity index is 292. The first-order valence-corrected chi connectivity index (χ1v) is 3.27. The number of phenolic OH excluding ortho intramolecular Hbond substituents is 1. The molecule has 0 aliphatic carbocycles. The standard InChI is InChI=1S/C8H7NO3/c10-5-8(12)9-6-1-3-7(11)4-2-6/h1-5,11H,(H,9,12). The van der Waals surface area contributed by atoms with E-state index in [1.54, 1.807) is 0 Å². The molecule has 0 saturated heterocycles. The van der Waals surface area contributed by atoms with E-state index in [0.717, 1.165) is 0 Å². The molecule has 0 unspecified atom stereocenters. The SMILES string of the molecule is O=CC(=O)Nc1ccc(O)cc1. The molecule has 1 rings (SSSR count). The van der Waals surface area contributed by atoms with Gasteiger partial charge in [0.15, 0.2) is 0 Å². The van der Waals surface area contributed by atoms with E-state index in [9.17, 15) is 9.59 Å². The van der Waals surface area contributed by atoms with Gasteiger partial charge in [-0.2, -0.15) is 0 Å². The molecule has 0 radical (unpaired) electrons. The number of aromatic hydroxyl groups is 1. The second-order valence-electron chi connectivity index (χ2n) is 2.15. The third kappa shape index (κ3) is 2.09. The fourth-order valence-electron chi connectivity index (χ4n) is 0.716. The monoisotopic (exact) mass is 165 g/mol. The van der Waals surface area contributed by atoms with Crippen LogP contribution >= 0.6 is 0 Å². The smallest absolute Gasteiger partial charge is 0.288 e. The van der Waals surface area contributed by atoms with E-state index in [0.29, 0.717) is 5.69 Å². The van der Waals surface area contributed by atoms with Crippen molar-refractivity contribution in [3.8, 4) is 5.75 Å². The molecular weight excluding hydrogens is 158 g/mol. The van der Waals surface area contributed by atoms with Crippen LogP contribution in [0.5, 0.6) is 5.75 Å². The largest absolute Gasteiger partial charge is 0.508 e. The van der Waals surface area contributed by atoms with Crippen molar-refractivity contribution in [1.82, 2.24) is 0 Å². The lowest BCUT2D eigenvalue weighted by molar-refractivity contribution is -0.127. The van der Waals surface area contributed by atoms with Crippen molar-refractivity contribution in [2.24, 2.45) is 0 Å². The summed E-state index contributed by atoms with van der Waals surface area (Å²) in [6.07, 6.45) is 0.187. The maximum Gasteiger partial charge on any atom is 0.288 e. The Labute approximate surface area is 68.8 Å². The zero-order valence-corrected chi connectivity index (χ0v) is 6.15. The van der Waals surface area contributed by atoms with E-state index in [1.165, 1.54) is 24.3 Å². The number of anilines is 1. The molecule has 1 aromatic carbocycles. The summed E-state index contributed by atoms with van der Waals surface area (Å²) in [5.41, 5.74) is 0.477. The van der Waals surface area contributed by atoms with Crippen LogP contribution in [0.3, 0.4) is 0 Å². The fourth-order valence-corrected chi connectivity index (χ4v) is 0.716. The maximum absolute atomic E-state index is 10.5. The molecule has 0 fully saturated rings. The van der Waals surface area contributed by atoms with Gasteiger partial charge in [0.05, 0.1) is 0 Å². The lowest BCUT2D eigenvalue weighted by Gasteiger charge is -1.99. The van der Waals surface area contributed by atoms with E-state index in [4.69, 9.17) is 5.11 Å². The van der Waals surface area contributed by atoms with Crippen molar-refractivity contribution in [3.05, 3.63) is 24.3 Å². The maximum atomic E-state index is 10.5. The van der Waals surface area contributed by atoms with E-state index in [1.807, 2.05) is 0 Å². The summed E-state index contributed by atoms with van der Waals surface area (Å²) in [6, 6.07) is 5.83. The van der Waals surface area contributed by atoms with E-state index in [-0.39, 0.29) is 12.0 Å². The normalized spacial score (nSPS) is 9.00. The predicted molar refractivity (Wildman–Crippen MR) is 42.8 cm³/mol. The van der Waals surface area contributed by atoms with Gasteiger partial charge in [-0.3, -0.25) is 9.59 Å². The highest BCUT2D eigenvalue weighted by Gasteiger charge is 1.97. The van der Waals surface area contributed by atoms with E-state index in [2.05, 4.69) is 5.32 Å². The number of carbonyl (C=O) groups is 2. The van der Waals surface area contributed by atoms with Crippen LogP contribution < -0.4 is 5.32 Å². The van der Waals surface area contributed by atoms with Gasteiger partial charge in [-0.15, -0.1) is 0 Å². The van der Waals surface area contributed by atoms with Crippen LogP contribution in [-0.2, 0) is 9.59 Å². The molecule has 0 bridgehead atoms. The Morgan fingerprint density at radius 3 is 2.42 bits per heavy atom. The van der Waals surface area contributed by atoms with Crippen molar-refractivity contribution >= 4 is 17.9 Å². The highest BCUT2D eigenvalue weighted by atomic mass is 16.3. The molecule has 0 spiro atoms. The summed E-state index contributed by atoms with van der Waals surface area (Å²) in [5, 5.41) is 11.2. The first-order valence-electron chi connectivity index (χ1n) is 3.27. The Morgan fingerprint density at radius 2 is 1.92 bits per heavy atom. The minimum Gasteiger partial charge on any atom is -0.508 e. The highest BCUT2D eigenvalue weighted by Crippen LogP contribution is 2.12. The number of benzene rings is 1. The van der Waals surface area contributed by atoms with Gasteiger partial charge in [-0.25, -0.2) is 0 Å². The molecule has 12 heavy (non-hydrogen) atoms. The van der Waals surface area contributed by atoms with Crippen molar-refractivity contribution < 1.29 is 14.7 Å². The summed E-state index contributed by atoms with van der Waals surface area (Å²) in [7, 11) is 0. The minimum atomic E-state index is -0.708. The van der Waals surface area contributed by atoms with Crippen LogP contribution in [-0.4, -0.2) is 17.3 Å². The van der Waals surface area contributed by atoms with Gasteiger partial charge >= 0.3 is 0 Å². The molecular formula is C8H7NO3. The van der Waals surface area contributed by atoms with Crippen molar-refractivity contribution in [3.63, 3.8) is 0 Å². The Kier molecular flexibility index (Phi) is 2.42. The first-order chi connectivity index (χ1) is 5.72. The van der Waals surface area contributed by atoms with Crippen molar-refractivity contribution in [2.45, 2.75) is 0 Å². The van der Waals surface area contributed by atoms with Gasteiger partial charge in [-0.1, -0.05) is 0 Å². The molecule has 1 aromatic rings.